The largest absolute Gasteiger partial charge is 0.332 e. The van der Waals surface area contributed by atoms with E-state index in [4.69, 9.17) is 23.2 Å². The number of urea groups is 2. The quantitative estimate of drug-likeness (QED) is 0.362. The summed E-state index contributed by atoms with van der Waals surface area (Å²) in [6.07, 6.45) is 0.402. The van der Waals surface area contributed by atoms with E-state index in [2.05, 4.69) is 10.6 Å². The Labute approximate surface area is 220 Å². The molecule has 4 N–H and O–H groups in total. The van der Waals surface area contributed by atoms with Gasteiger partial charge in [-0.05, 0) is 69.7 Å². The molecule has 2 rings (SSSR count). The highest BCUT2D eigenvalue weighted by Crippen LogP contribution is 2.24. The molecule has 2 aromatic carbocycles. The van der Waals surface area contributed by atoms with Crippen LogP contribution in [0.15, 0.2) is 42.5 Å². The molecule has 0 aliphatic carbocycles. The van der Waals surface area contributed by atoms with Crippen LogP contribution in [0.3, 0.4) is 0 Å². The van der Waals surface area contributed by atoms with Crippen molar-refractivity contribution in [3.05, 3.63) is 58.3 Å². The molecule has 0 aliphatic rings. The number of nitrogens with one attached hydrogen (secondary N) is 4. The number of sulfonamides is 2. The Morgan fingerprint density at radius 1 is 0.806 bits per heavy atom. The van der Waals surface area contributed by atoms with Gasteiger partial charge in [-0.2, -0.15) is 0 Å². The lowest BCUT2D eigenvalue weighted by atomic mass is 10.3. The highest BCUT2D eigenvalue weighted by Gasteiger charge is 2.21. The third kappa shape index (κ3) is 10.6. The van der Waals surface area contributed by atoms with Crippen LogP contribution >= 0.6 is 23.2 Å². The molecule has 15 heteroatoms. The van der Waals surface area contributed by atoms with Crippen molar-refractivity contribution in [1.29, 1.82) is 0 Å². The number of hydrogen-bond donors (Lipinski definition) is 4. The Hall–Kier alpha value is -2.61. The summed E-state index contributed by atoms with van der Waals surface area (Å²) in [6.45, 7) is 6.15. The third-order valence-corrected chi connectivity index (χ3v) is 8.79. The maximum Gasteiger partial charge on any atom is 0.332 e. The Bertz CT molecular complexity index is 1270. The number of benzene rings is 2. The van der Waals surface area contributed by atoms with Crippen LogP contribution < -0.4 is 20.1 Å². The number of hydrogen-bond acceptors (Lipinski definition) is 6. The van der Waals surface area contributed by atoms with Gasteiger partial charge in [0.2, 0.25) is 20.0 Å². The van der Waals surface area contributed by atoms with Crippen molar-refractivity contribution in [2.24, 2.45) is 0 Å². The summed E-state index contributed by atoms with van der Waals surface area (Å²) in [5.41, 5.74) is 0.661. The van der Waals surface area contributed by atoms with Gasteiger partial charge >= 0.3 is 12.1 Å². The van der Waals surface area contributed by atoms with Crippen LogP contribution in [0, 0.1) is 5.82 Å². The molecule has 4 amide bonds. The van der Waals surface area contributed by atoms with Crippen molar-refractivity contribution in [1.82, 2.24) is 9.44 Å². The van der Waals surface area contributed by atoms with Gasteiger partial charge in [0.25, 0.3) is 0 Å². The van der Waals surface area contributed by atoms with Gasteiger partial charge in [-0.1, -0.05) is 30.1 Å². The molecule has 1 unspecified atom stereocenters. The lowest BCUT2D eigenvalue weighted by molar-refractivity contribution is 0.255. The Morgan fingerprint density at radius 3 is 1.75 bits per heavy atom. The summed E-state index contributed by atoms with van der Waals surface area (Å²) in [6, 6.07) is 7.73. The second kappa shape index (κ2) is 13.6. The molecule has 200 valence electrons. The summed E-state index contributed by atoms with van der Waals surface area (Å²) in [4.78, 5) is 22.9. The second-order valence-electron chi connectivity index (χ2n) is 7.61. The first-order valence-corrected chi connectivity index (χ1v) is 14.3. The molecule has 0 heterocycles. The third-order valence-electron chi connectivity index (χ3n) is 4.47. The van der Waals surface area contributed by atoms with Crippen LogP contribution in [0.25, 0.3) is 0 Å². The van der Waals surface area contributed by atoms with Crippen molar-refractivity contribution < 1.29 is 30.8 Å². The lowest BCUT2D eigenvalue weighted by Crippen LogP contribution is -2.39. The highest BCUT2D eigenvalue weighted by atomic mass is 35.5. The minimum Gasteiger partial charge on any atom is -0.307 e. The van der Waals surface area contributed by atoms with Crippen molar-refractivity contribution in [2.45, 2.75) is 44.6 Å². The standard InChI is InChI=1S/C11H15FN2O3S.C10H12Cl2N2O3S/c1-3-8(2)18(16,17)14-11(15)13-10-6-4-9(12)5-7-10;1-6(2)18(16,17)14-10(15)13-7-3-4-8(11)9(12)5-7/h4-8H,3H2,1-2H3,(H2,13,14,15);3-6H,1-2H3,(H2,13,14,15). The fourth-order valence-corrected chi connectivity index (χ4v) is 3.91. The van der Waals surface area contributed by atoms with Gasteiger partial charge in [0.1, 0.15) is 5.82 Å². The lowest BCUT2D eigenvalue weighted by Gasteiger charge is -2.12. The highest BCUT2D eigenvalue weighted by molar-refractivity contribution is 7.90. The minimum absolute atomic E-state index is 0.265. The molecule has 10 nitrogen and oxygen atoms in total. The summed E-state index contributed by atoms with van der Waals surface area (Å²) in [5, 5.41) is 3.91. The molecule has 36 heavy (non-hydrogen) atoms. The normalized spacial score (nSPS) is 12.1. The Kier molecular flexibility index (Phi) is 11.9. The number of amides is 4. The zero-order valence-electron chi connectivity index (χ0n) is 19.8. The molecular formula is C21H27Cl2FN4O6S2. The molecule has 0 spiro atoms. The van der Waals surface area contributed by atoms with Crippen LogP contribution in [0.1, 0.15) is 34.1 Å². The number of anilines is 2. The van der Waals surface area contributed by atoms with E-state index in [-0.39, 0.29) is 5.02 Å². The first kappa shape index (κ1) is 31.4. The molecule has 0 saturated carbocycles. The van der Waals surface area contributed by atoms with Gasteiger partial charge in [-0.3, -0.25) is 0 Å². The number of halogens is 3. The average Bonchev–Trinajstić information content (AvgIpc) is 2.76. The van der Waals surface area contributed by atoms with Crippen molar-refractivity contribution >= 4 is 66.7 Å². The van der Waals surface area contributed by atoms with E-state index in [0.29, 0.717) is 22.8 Å². The maximum absolute atomic E-state index is 12.6. The van der Waals surface area contributed by atoms with Crippen LogP contribution in [0.5, 0.6) is 0 Å². The van der Waals surface area contributed by atoms with Gasteiger partial charge in [-0.25, -0.2) is 40.3 Å². The molecule has 0 radical (unpaired) electrons. The zero-order chi connectivity index (χ0) is 27.7. The zero-order valence-corrected chi connectivity index (χ0v) is 22.9. The fraction of sp³-hybridized carbons (Fsp3) is 0.333. The van der Waals surface area contributed by atoms with Crippen molar-refractivity contribution in [3.8, 4) is 0 Å². The Morgan fingerprint density at radius 2 is 1.28 bits per heavy atom. The maximum atomic E-state index is 12.6. The van der Waals surface area contributed by atoms with Gasteiger partial charge in [0, 0.05) is 11.4 Å². The van der Waals surface area contributed by atoms with Gasteiger partial charge in [-0.15, -0.1) is 0 Å². The molecular weight excluding hydrogens is 558 g/mol. The Balaban J connectivity index is 0.000000360. The smallest absolute Gasteiger partial charge is 0.307 e. The fourth-order valence-electron chi connectivity index (χ4n) is 2.12. The van der Waals surface area contributed by atoms with E-state index >= 15 is 0 Å². The summed E-state index contributed by atoms with van der Waals surface area (Å²) in [5.74, 6) is -0.437. The van der Waals surface area contributed by atoms with Crippen molar-refractivity contribution in [3.63, 3.8) is 0 Å². The van der Waals surface area contributed by atoms with E-state index in [9.17, 15) is 30.8 Å². The monoisotopic (exact) mass is 584 g/mol. The van der Waals surface area contributed by atoms with E-state index in [1.165, 1.54) is 63.2 Å². The number of carbonyl (C=O) groups excluding carboxylic acids is 2. The van der Waals surface area contributed by atoms with Gasteiger partial charge in [0.15, 0.2) is 0 Å². The minimum atomic E-state index is -3.67. The summed E-state index contributed by atoms with van der Waals surface area (Å²) < 4.78 is 62.4. The van der Waals surface area contributed by atoms with Gasteiger partial charge < -0.3 is 10.6 Å². The predicted molar refractivity (Wildman–Crippen MR) is 140 cm³/mol. The molecule has 0 fully saturated rings. The van der Waals surface area contributed by atoms with Crippen LogP contribution in [0.2, 0.25) is 10.0 Å². The van der Waals surface area contributed by atoms with E-state index in [0.717, 1.165) is 0 Å². The van der Waals surface area contributed by atoms with Crippen LogP contribution in [-0.4, -0.2) is 39.4 Å². The first-order valence-electron chi connectivity index (χ1n) is 10.4. The molecule has 0 aromatic heterocycles. The molecule has 0 aliphatic heterocycles. The summed E-state index contributed by atoms with van der Waals surface area (Å²) >= 11 is 11.5. The number of rotatable bonds is 7. The molecule has 1 atom stereocenters. The summed E-state index contributed by atoms with van der Waals surface area (Å²) in [7, 11) is -7.33. The van der Waals surface area contributed by atoms with Crippen molar-refractivity contribution in [2.75, 3.05) is 10.6 Å². The van der Waals surface area contributed by atoms with E-state index < -0.39 is 48.4 Å². The average molecular weight is 586 g/mol. The predicted octanol–water partition coefficient (Wildman–Crippen LogP) is 4.93. The van der Waals surface area contributed by atoms with Crippen LogP contribution in [0.4, 0.5) is 25.4 Å². The first-order chi connectivity index (χ1) is 16.6. The topological polar surface area (TPSA) is 151 Å². The van der Waals surface area contributed by atoms with Crippen LogP contribution in [-0.2, 0) is 20.0 Å². The number of carbonyl (C=O) groups is 2. The van der Waals surface area contributed by atoms with E-state index in [1.807, 2.05) is 9.44 Å². The van der Waals surface area contributed by atoms with Gasteiger partial charge in [0.05, 0.1) is 20.5 Å². The molecule has 0 saturated heterocycles. The molecule has 2 aromatic rings. The molecule has 0 bridgehead atoms. The van der Waals surface area contributed by atoms with E-state index in [1.54, 1.807) is 6.92 Å². The second-order valence-corrected chi connectivity index (χ2v) is 12.8. The SMILES string of the molecule is CC(C)S(=O)(=O)NC(=O)Nc1ccc(Cl)c(Cl)c1.CCC(C)S(=O)(=O)NC(=O)Nc1ccc(F)cc1.